The first kappa shape index (κ1) is 11.0. The van der Waals surface area contributed by atoms with Crippen LogP contribution in [0.25, 0.3) is 11.0 Å². The van der Waals surface area contributed by atoms with Crippen LogP contribution in [-0.4, -0.2) is 9.55 Å². The second-order valence-corrected chi connectivity index (χ2v) is 4.35. The maximum Gasteiger partial charge on any atom is 0.140 e. The zero-order valence-electron chi connectivity index (χ0n) is 10.1. The minimum absolute atomic E-state index is 0.546. The maximum atomic E-state index is 5.78. The van der Waals surface area contributed by atoms with Gasteiger partial charge in [0.05, 0.1) is 0 Å². The molecule has 0 aliphatic heterocycles. The van der Waals surface area contributed by atoms with E-state index in [4.69, 9.17) is 5.73 Å². The Morgan fingerprint density at radius 1 is 1.06 bits per heavy atom. The first-order valence-corrected chi connectivity index (χ1v) is 6.05. The molecule has 1 aromatic carbocycles. The summed E-state index contributed by atoms with van der Waals surface area (Å²) < 4.78 is 2.16. The molecule has 0 saturated heterocycles. The minimum atomic E-state index is 0.546. The molecule has 0 radical (unpaired) electrons. The summed E-state index contributed by atoms with van der Waals surface area (Å²) in [6.07, 6.45) is 3.93. The van der Waals surface area contributed by atoms with E-state index in [1.54, 1.807) is 0 Å². The number of hydrogen-bond acceptors (Lipinski definition) is 2. The summed E-state index contributed by atoms with van der Waals surface area (Å²) in [4.78, 5) is 4.45. The number of nitrogens with two attached hydrogens (primary N) is 1. The first-order valence-electron chi connectivity index (χ1n) is 6.05. The second kappa shape index (κ2) is 4.63. The van der Waals surface area contributed by atoms with Crippen molar-refractivity contribution in [3.8, 4) is 0 Å². The van der Waals surface area contributed by atoms with Gasteiger partial charge in [-0.25, -0.2) is 4.98 Å². The number of pyridine rings is 1. The zero-order chi connectivity index (χ0) is 12.4. The van der Waals surface area contributed by atoms with Gasteiger partial charge < -0.3 is 10.3 Å². The van der Waals surface area contributed by atoms with Crippen LogP contribution in [0.5, 0.6) is 0 Å². The monoisotopic (exact) mass is 237 g/mol. The summed E-state index contributed by atoms with van der Waals surface area (Å²) >= 11 is 0. The van der Waals surface area contributed by atoms with Crippen molar-refractivity contribution in [3.63, 3.8) is 0 Å². The van der Waals surface area contributed by atoms with Crippen LogP contribution < -0.4 is 5.73 Å². The van der Waals surface area contributed by atoms with Crippen molar-refractivity contribution < 1.29 is 0 Å². The lowest BCUT2D eigenvalue weighted by Gasteiger charge is -2.04. The SMILES string of the molecule is NCc1cn(Cc2ccccc2)c2ncccc12. The van der Waals surface area contributed by atoms with E-state index >= 15 is 0 Å². The van der Waals surface area contributed by atoms with Crippen LogP contribution in [0.15, 0.2) is 54.9 Å². The van der Waals surface area contributed by atoms with Crippen LogP contribution >= 0.6 is 0 Å². The molecule has 3 nitrogen and oxygen atoms in total. The molecule has 0 aliphatic carbocycles. The Balaban J connectivity index is 2.07. The van der Waals surface area contributed by atoms with Gasteiger partial charge in [-0.3, -0.25) is 0 Å². The average molecular weight is 237 g/mol. The summed E-state index contributed by atoms with van der Waals surface area (Å²) in [6, 6.07) is 14.4. The minimum Gasteiger partial charge on any atom is -0.328 e. The summed E-state index contributed by atoms with van der Waals surface area (Å²) in [5.41, 5.74) is 9.20. The quantitative estimate of drug-likeness (QED) is 0.760. The van der Waals surface area contributed by atoms with Crippen molar-refractivity contribution >= 4 is 11.0 Å². The Morgan fingerprint density at radius 2 is 1.89 bits per heavy atom. The van der Waals surface area contributed by atoms with Gasteiger partial charge in [0.2, 0.25) is 0 Å². The fourth-order valence-electron chi connectivity index (χ4n) is 2.26. The maximum absolute atomic E-state index is 5.78. The molecule has 18 heavy (non-hydrogen) atoms. The van der Waals surface area contributed by atoms with Gasteiger partial charge in [-0.05, 0) is 23.3 Å². The van der Waals surface area contributed by atoms with Crippen LogP contribution in [0.3, 0.4) is 0 Å². The highest BCUT2D eigenvalue weighted by molar-refractivity contribution is 5.80. The van der Waals surface area contributed by atoms with Crippen molar-refractivity contribution in [2.75, 3.05) is 0 Å². The molecular weight excluding hydrogens is 222 g/mol. The third-order valence-corrected chi connectivity index (χ3v) is 3.13. The Labute approximate surface area is 106 Å². The van der Waals surface area contributed by atoms with E-state index < -0.39 is 0 Å². The highest BCUT2D eigenvalue weighted by Gasteiger charge is 2.07. The predicted molar refractivity (Wildman–Crippen MR) is 73.2 cm³/mol. The largest absolute Gasteiger partial charge is 0.328 e. The molecular formula is C15H15N3. The normalized spacial score (nSPS) is 10.9. The van der Waals surface area contributed by atoms with E-state index in [9.17, 15) is 0 Å². The van der Waals surface area contributed by atoms with E-state index in [1.807, 2.05) is 18.3 Å². The lowest BCUT2D eigenvalue weighted by molar-refractivity contribution is 0.819. The molecule has 3 heteroatoms. The van der Waals surface area contributed by atoms with Gasteiger partial charge in [-0.2, -0.15) is 0 Å². The second-order valence-electron chi connectivity index (χ2n) is 4.35. The molecule has 2 aromatic heterocycles. The summed E-state index contributed by atoms with van der Waals surface area (Å²) in [5.74, 6) is 0. The molecule has 0 atom stereocenters. The summed E-state index contributed by atoms with van der Waals surface area (Å²) in [6.45, 7) is 1.37. The van der Waals surface area contributed by atoms with Crippen molar-refractivity contribution in [3.05, 3.63) is 66.0 Å². The van der Waals surface area contributed by atoms with Gasteiger partial charge in [0, 0.05) is 30.9 Å². The third-order valence-electron chi connectivity index (χ3n) is 3.13. The molecule has 3 rings (SSSR count). The smallest absolute Gasteiger partial charge is 0.140 e. The highest BCUT2D eigenvalue weighted by atomic mass is 15.0. The van der Waals surface area contributed by atoms with Crippen LogP contribution in [0.1, 0.15) is 11.1 Å². The van der Waals surface area contributed by atoms with Crippen molar-refractivity contribution in [1.82, 2.24) is 9.55 Å². The van der Waals surface area contributed by atoms with Crippen LogP contribution in [0, 0.1) is 0 Å². The Hall–Kier alpha value is -2.13. The number of hydrogen-bond donors (Lipinski definition) is 1. The average Bonchev–Trinajstić information content (AvgIpc) is 2.78. The molecule has 0 unspecified atom stereocenters. The van der Waals surface area contributed by atoms with E-state index in [2.05, 4.69) is 46.1 Å². The highest BCUT2D eigenvalue weighted by Crippen LogP contribution is 2.19. The number of fused-ring (bicyclic) bond motifs is 1. The fraction of sp³-hybridized carbons (Fsp3) is 0.133. The van der Waals surface area contributed by atoms with Crippen LogP contribution in [0.4, 0.5) is 0 Å². The molecule has 0 aliphatic rings. The predicted octanol–water partition coefficient (Wildman–Crippen LogP) is 2.54. The molecule has 0 amide bonds. The lowest BCUT2D eigenvalue weighted by atomic mass is 10.2. The molecule has 2 N–H and O–H groups in total. The Morgan fingerprint density at radius 3 is 2.67 bits per heavy atom. The topological polar surface area (TPSA) is 43.8 Å². The van der Waals surface area contributed by atoms with Gasteiger partial charge in [-0.15, -0.1) is 0 Å². The van der Waals surface area contributed by atoms with Gasteiger partial charge >= 0.3 is 0 Å². The number of aromatic nitrogens is 2. The van der Waals surface area contributed by atoms with E-state index in [0.29, 0.717) is 6.54 Å². The zero-order valence-corrected chi connectivity index (χ0v) is 10.1. The standard InChI is InChI=1S/C15H15N3/c16-9-13-11-18(10-12-5-2-1-3-6-12)15-14(13)7-4-8-17-15/h1-8,11H,9-10,16H2. The lowest BCUT2D eigenvalue weighted by Crippen LogP contribution is -1.99. The van der Waals surface area contributed by atoms with Crippen LogP contribution in [-0.2, 0) is 13.1 Å². The van der Waals surface area contributed by atoms with Gasteiger partial charge in [0.15, 0.2) is 0 Å². The molecule has 0 fully saturated rings. The molecule has 0 saturated carbocycles. The van der Waals surface area contributed by atoms with Gasteiger partial charge in [0.25, 0.3) is 0 Å². The Bertz CT molecular complexity index is 656. The number of rotatable bonds is 3. The summed E-state index contributed by atoms with van der Waals surface area (Å²) in [5, 5.41) is 1.15. The molecule has 2 heterocycles. The van der Waals surface area contributed by atoms with Crippen LogP contribution in [0.2, 0.25) is 0 Å². The Kier molecular flexibility index (Phi) is 2.82. The van der Waals surface area contributed by atoms with Crippen molar-refractivity contribution in [2.24, 2.45) is 5.73 Å². The molecule has 0 bridgehead atoms. The van der Waals surface area contributed by atoms with Gasteiger partial charge in [0.1, 0.15) is 5.65 Å². The van der Waals surface area contributed by atoms with E-state index in [1.165, 1.54) is 5.56 Å². The summed E-state index contributed by atoms with van der Waals surface area (Å²) in [7, 11) is 0. The molecule has 3 aromatic rings. The number of nitrogens with zero attached hydrogens (tertiary/aromatic N) is 2. The van der Waals surface area contributed by atoms with Crippen molar-refractivity contribution in [1.29, 1.82) is 0 Å². The third kappa shape index (κ3) is 1.89. The van der Waals surface area contributed by atoms with Crippen molar-refractivity contribution in [2.45, 2.75) is 13.1 Å². The fourth-order valence-corrected chi connectivity index (χ4v) is 2.26. The molecule has 90 valence electrons. The first-order chi connectivity index (χ1) is 8.88. The number of benzene rings is 1. The molecule has 0 spiro atoms. The van der Waals surface area contributed by atoms with E-state index in [-0.39, 0.29) is 0 Å². The van der Waals surface area contributed by atoms with E-state index in [0.717, 1.165) is 23.1 Å². The van der Waals surface area contributed by atoms with Gasteiger partial charge in [-0.1, -0.05) is 30.3 Å².